The molecule has 1 aliphatic heterocycles. The number of aromatic nitrogens is 3. The van der Waals surface area contributed by atoms with E-state index in [1.165, 1.54) is 7.11 Å². The predicted octanol–water partition coefficient (Wildman–Crippen LogP) is 3.95. The standard InChI is InChI=1S/C33H51N6O8P/c1-3-4-5-6-7-8-9-10-11-12-13-14-15-16-17-18-19-20-21-22-28(40)35-23-24-37-48(44,45-2)46-25-27-29(41)30(42)33(47-27)39-26-36-32(38-39)31(34)43/h4-5,7-8,10-11,13-14,16-17,19-20,26-27,29-30,33,41-42H,3,6,9,12,15,18,21-25H2,1-2H3,(H2,34,43)(H,35,40)(H,37,44). The highest BCUT2D eigenvalue weighted by Crippen LogP contribution is 2.43. The molecule has 1 aliphatic rings. The van der Waals surface area contributed by atoms with E-state index in [2.05, 4.69) is 88.2 Å². The molecule has 0 radical (unpaired) electrons. The lowest BCUT2D eigenvalue weighted by molar-refractivity contribution is -0.120. The van der Waals surface area contributed by atoms with Crippen LogP contribution in [0, 0.1) is 0 Å². The number of amides is 2. The highest BCUT2D eigenvalue weighted by Gasteiger charge is 2.45. The van der Waals surface area contributed by atoms with Crippen LogP contribution in [0.15, 0.2) is 79.2 Å². The zero-order valence-electron chi connectivity index (χ0n) is 27.8. The second-order valence-electron chi connectivity index (χ2n) is 10.6. The lowest BCUT2D eigenvalue weighted by atomic mass is 10.1. The normalized spacial score (nSPS) is 21.6. The van der Waals surface area contributed by atoms with Crippen molar-refractivity contribution in [1.82, 2.24) is 25.2 Å². The number of nitrogens with one attached hydrogen (secondary N) is 2. The summed E-state index contributed by atoms with van der Waals surface area (Å²) in [5.41, 5.74) is 5.14. The van der Waals surface area contributed by atoms with Crippen molar-refractivity contribution in [3.63, 3.8) is 0 Å². The summed E-state index contributed by atoms with van der Waals surface area (Å²) < 4.78 is 29.9. The number of hydrogen-bond donors (Lipinski definition) is 5. The van der Waals surface area contributed by atoms with Crippen molar-refractivity contribution in [3.05, 3.63) is 85.1 Å². The average molecular weight is 691 g/mol. The third kappa shape index (κ3) is 16.1. The van der Waals surface area contributed by atoms with Crippen LogP contribution in [0.2, 0.25) is 0 Å². The van der Waals surface area contributed by atoms with Crippen molar-refractivity contribution in [2.24, 2.45) is 5.73 Å². The minimum Gasteiger partial charge on any atom is -0.387 e. The Kier molecular flexibility index (Phi) is 20.1. The van der Waals surface area contributed by atoms with Gasteiger partial charge in [0.25, 0.3) is 5.91 Å². The number of allylic oxidation sites excluding steroid dienone is 12. The Bertz CT molecular complexity index is 1320. The summed E-state index contributed by atoms with van der Waals surface area (Å²) in [6.45, 7) is 2.00. The van der Waals surface area contributed by atoms with Gasteiger partial charge < -0.3 is 30.5 Å². The molecule has 1 fully saturated rings. The summed E-state index contributed by atoms with van der Waals surface area (Å²) in [5.74, 6) is -1.30. The molecule has 14 nitrogen and oxygen atoms in total. The van der Waals surface area contributed by atoms with Crippen LogP contribution < -0.4 is 16.1 Å². The summed E-state index contributed by atoms with van der Waals surface area (Å²) in [4.78, 5) is 27.1. The largest absolute Gasteiger partial charge is 0.405 e. The SMILES string of the molecule is CCC=CCC=CCC=CCC=CCC=CCC=CCCC(=O)NCCNP(=O)(OC)OCC1OC(n2cnc(C(N)=O)n2)C(O)C1O. The molecule has 266 valence electrons. The molecule has 0 spiro atoms. The number of rotatable bonds is 24. The third-order valence-corrected chi connectivity index (χ3v) is 8.44. The van der Waals surface area contributed by atoms with Gasteiger partial charge in [-0.3, -0.25) is 14.1 Å². The van der Waals surface area contributed by atoms with Gasteiger partial charge in [-0.05, 0) is 44.9 Å². The second-order valence-corrected chi connectivity index (χ2v) is 12.6. The van der Waals surface area contributed by atoms with Gasteiger partial charge >= 0.3 is 7.75 Å². The number of carbonyl (C=O) groups is 2. The van der Waals surface area contributed by atoms with Crippen molar-refractivity contribution < 1.29 is 38.2 Å². The molecule has 0 bridgehead atoms. The van der Waals surface area contributed by atoms with Gasteiger partial charge in [0.05, 0.1) is 6.61 Å². The molecule has 5 unspecified atom stereocenters. The molecule has 2 heterocycles. The number of aliphatic hydroxyl groups is 2. The van der Waals surface area contributed by atoms with E-state index in [0.29, 0.717) is 12.8 Å². The molecule has 0 aromatic carbocycles. The van der Waals surface area contributed by atoms with Gasteiger partial charge in [-0.15, -0.1) is 5.10 Å². The number of hydrogen-bond acceptors (Lipinski definition) is 10. The summed E-state index contributed by atoms with van der Waals surface area (Å²) in [6, 6.07) is 0. The Morgan fingerprint density at radius 3 is 2.02 bits per heavy atom. The number of ether oxygens (including phenoxy) is 1. The van der Waals surface area contributed by atoms with Gasteiger partial charge in [-0.25, -0.2) is 19.3 Å². The molecule has 5 atom stereocenters. The number of nitrogens with zero attached hydrogens (tertiary/aromatic N) is 3. The molecule has 2 rings (SSSR count). The maximum atomic E-state index is 12.9. The molecule has 1 aromatic rings. The topological polar surface area (TPSA) is 200 Å². The fourth-order valence-corrected chi connectivity index (χ4v) is 5.32. The van der Waals surface area contributed by atoms with Gasteiger partial charge in [0.2, 0.25) is 11.7 Å². The first-order valence-electron chi connectivity index (χ1n) is 16.1. The highest BCUT2D eigenvalue weighted by atomic mass is 31.2. The zero-order chi connectivity index (χ0) is 35.0. The predicted molar refractivity (Wildman–Crippen MR) is 183 cm³/mol. The van der Waals surface area contributed by atoms with Crippen molar-refractivity contribution in [3.8, 4) is 0 Å². The Morgan fingerprint density at radius 1 is 0.938 bits per heavy atom. The Morgan fingerprint density at radius 2 is 1.50 bits per heavy atom. The van der Waals surface area contributed by atoms with Crippen LogP contribution in [0.4, 0.5) is 0 Å². The van der Waals surface area contributed by atoms with Gasteiger partial charge in [-0.1, -0.05) is 79.8 Å². The van der Waals surface area contributed by atoms with Gasteiger partial charge in [0.15, 0.2) is 6.23 Å². The van der Waals surface area contributed by atoms with Crippen LogP contribution in [-0.4, -0.2) is 81.9 Å². The first-order valence-corrected chi connectivity index (χ1v) is 17.7. The first-order chi connectivity index (χ1) is 23.2. The molecule has 6 N–H and O–H groups in total. The molecule has 0 aliphatic carbocycles. The number of primary amides is 1. The molecule has 2 amide bonds. The molecule has 0 saturated carbocycles. The minimum atomic E-state index is -3.82. The molecule has 1 aromatic heterocycles. The van der Waals surface area contributed by atoms with Crippen molar-refractivity contribution in [1.29, 1.82) is 0 Å². The molecular weight excluding hydrogens is 639 g/mol. The fraction of sp³-hybridized carbons (Fsp3) is 0.515. The fourth-order valence-electron chi connectivity index (χ4n) is 4.27. The summed E-state index contributed by atoms with van der Waals surface area (Å²) in [6.07, 6.45) is 28.1. The molecular formula is C33H51N6O8P. The van der Waals surface area contributed by atoms with Crippen LogP contribution in [0.5, 0.6) is 0 Å². The van der Waals surface area contributed by atoms with Crippen LogP contribution >= 0.6 is 7.75 Å². The zero-order valence-corrected chi connectivity index (χ0v) is 28.7. The maximum absolute atomic E-state index is 12.9. The van der Waals surface area contributed by atoms with Gasteiger partial charge in [0.1, 0.15) is 24.6 Å². The Balaban J connectivity index is 1.54. The van der Waals surface area contributed by atoms with Crippen molar-refractivity contribution in [2.45, 2.75) is 82.8 Å². The number of carbonyl (C=O) groups excluding carboxylic acids is 2. The Labute approximate surface area is 283 Å². The van der Waals surface area contributed by atoms with E-state index in [1.807, 2.05) is 12.2 Å². The molecule has 48 heavy (non-hydrogen) atoms. The number of aliphatic hydroxyl groups excluding tert-OH is 2. The average Bonchev–Trinajstić information content (AvgIpc) is 3.68. The second kappa shape index (κ2) is 23.8. The van der Waals surface area contributed by atoms with E-state index in [0.717, 1.165) is 49.5 Å². The van der Waals surface area contributed by atoms with E-state index in [9.17, 15) is 24.4 Å². The quantitative estimate of drug-likeness (QED) is 0.0598. The first kappa shape index (κ1) is 40.7. The summed E-state index contributed by atoms with van der Waals surface area (Å²) >= 11 is 0. The van der Waals surface area contributed by atoms with Crippen molar-refractivity contribution in [2.75, 3.05) is 26.8 Å². The van der Waals surface area contributed by atoms with Gasteiger partial charge in [-0.2, -0.15) is 0 Å². The summed E-state index contributed by atoms with van der Waals surface area (Å²) in [7, 11) is -2.63. The lowest BCUT2D eigenvalue weighted by Gasteiger charge is -2.20. The van der Waals surface area contributed by atoms with E-state index >= 15 is 0 Å². The van der Waals surface area contributed by atoms with E-state index < -0.39 is 44.8 Å². The van der Waals surface area contributed by atoms with E-state index in [4.69, 9.17) is 19.5 Å². The highest BCUT2D eigenvalue weighted by molar-refractivity contribution is 7.51. The van der Waals surface area contributed by atoms with Crippen molar-refractivity contribution >= 4 is 19.6 Å². The smallest absolute Gasteiger partial charge is 0.387 e. The molecule has 1 saturated heterocycles. The van der Waals surface area contributed by atoms with Gasteiger partial charge in [0, 0.05) is 26.6 Å². The van der Waals surface area contributed by atoms with Crippen LogP contribution in [-0.2, 0) is 23.1 Å². The maximum Gasteiger partial charge on any atom is 0.405 e. The van der Waals surface area contributed by atoms with E-state index in [1.54, 1.807) is 0 Å². The van der Waals surface area contributed by atoms with Crippen LogP contribution in [0.1, 0.15) is 75.1 Å². The Hall–Kier alpha value is -3.49. The van der Waals surface area contributed by atoms with Crippen LogP contribution in [0.3, 0.4) is 0 Å². The lowest BCUT2D eigenvalue weighted by Crippen LogP contribution is -2.35. The third-order valence-electron chi connectivity index (χ3n) is 6.86. The van der Waals surface area contributed by atoms with E-state index in [-0.39, 0.29) is 24.8 Å². The monoisotopic (exact) mass is 690 g/mol. The molecule has 15 heteroatoms. The van der Waals surface area contributed by atoms with Crippen LogP contribution in [0.25, 0.3) is 0 Å². The minimum absolute atomic E-state index is 0.0882. The summed E-state index contributed by atoms with van der Waals surface area (Å²) in [5, 5.41) is 29.9. The number of nitrogens with two attached hydrogens (primary N) is 1.